The maximum absolute atomic E-state index is 14.8. The number of nitrogen functional groups attached to an aromatic ring is 1. The molecule has 0 aliphatic carbocycles. The number of nitrogens with two attached hydrogens (primary N) is 1. The Bertz CT molecular complexity index is 1920. The largest absolute Gasteiger partial charge is 0.472 e. The average Bonchev–Trinajstić information content (AvgIpc) is 3.79. The van der Waals surface area contributed by atoms with Gasteiger partial charge in [-0.2, -0.15) is 23.1 Å². The van der Waals surface area contributed by atoms with E-state index in [0.29, 0.717) is 25.9 Å². The quantitative estimate of drug-likeness (QED) is 0.175. The van der Waals surface area contributed by atoms with Gasteiger partial charge in [-0.3, -0.25) is 9.69 Å². The molecule has 3 fully saturated rings. The Balaban J connectivity index is 1.38. The molecule has 0 radical (unpaired) electrons. The molecule has 0 spiro atoms. The molecule has 3 aliphatic heterocycles. The monoisotopic (exact) mass is 694 g/mol. The second kappa shape index (κ2) is 11.7. The molecule has 9 nitrogen and oxygen atoms in total. The number of hydrogen-bond donors (Lipinski definition) is 1. The molecule has 2 aromatic heterocycles. The van der Waals surface area contributed by atoms with Crippen molar-refractivity contribution in [1.29, 1.82) is 0 Å². The molecule has 0 bridgehead atoms. The van der Waals surface area contributed by atoms with Gasteiger partial charge in [-0.25, -0.2) is 13.8 Å². The van der Waals surface area contributed by atoms with Crippen LogP contribution in [0.25, 0.3) is 32.2 Å². The van der Waals surface area contributed by atoms with Crippen LogP contribution in [0, 0.1) is 5.82 Å². The van der Waals surface area contributed by atoms with E-state index in [1.165, 1.54) is 17.0 Å². The molecule has 3 aliphatic rings. The molecule has 7 rings (SSSR count). The number of hydrogen-bond acceptors (Lipinski definition) is 9. The predicted octanol–water partition coefficient (Wildman–Crippen LogP) is 6.42. The fourth-order valence-electron chi connectivity index (χ4n) is 6.97. The first-order valence-electron chi connectivity index (χ1n) is 14.9. The number of carbonyl (C=O) groups is 1. The number of rotatable bonds is 7. The van der Waals surface area contributed by atoms with Crippen LogP contribution < -0.4 is 15.2 Å². The van der Waals surface area contributed by atoms with Crippen molar-refractivity contribution in [3.05, 3.63) is 47.3 Å². The molecule has 2 aromatic carbocycles. The zero-order valence-electron chi connectivity index (χ0n) is 24.7. The summed E-state index contributed by atoms with van der Waals surface area (Å²) < 4.78 is 85.7. The van der Waals surface area contributed by atoms with E-state index in [-0.39, 0.29) is 69.2 Å². The van der Waals surface area contributed by atoms with Gasteiger partial charge in [-0.15, -0.1) is 0 Å². The highest BCUT2D eigenvalue weighted by Gasteiger charge is 2.49. The van der Waals surface area contributed by atoms with Gasteiger partial charge in [-0.05, 0) is 43.7 Å². The molecular weight excluding hydrogens is 667 g/mol. The number of likely N-dealkylation sites (tertiary alicyclic amines) is 1. The Morgan fingerprint density at radius 1 is 1.21 bits per heavy atom. The highest BCUT2D eigenvalue weighted by molar-refractivity contribution is 7.22. The summed E-state index contributed by atoms with van der Waals surface area (Å²) in [6.45, 7) is 5.06. The normalized spacial score (nSPS) is 23.1. The number of ether oxygens (including phenoxy) is 2. The number of amides is 1. The van der Waals surface area contributed by atoms with Crippen LogP contribution in [-0.2, 0) is 11.0 Å². The van der Waals surface area contributed by atoms with Crippen LogP contribution in [0.2, 0.25) is 5.02 Å². The van der Waals surface area contributed by atoms with E-state index in [1.54, 1.807) is 0 Å². The molecule has 1 amide bonds. The zero-order valence-corrected chi connectivity index (χ0v) is 26.3. The summed E-state index contributed by atoms with van der Waals surface area (Å²) in [5, 5.41) is -0.589. The minimum Gasteiger partial charge on any atom is -0.472 e. The summed E-state index contributed by atoms with van der Waals surface area (Å²) in [4.78, 5) is 28.7. The van der Waals surface area contributed by atoms with Crippen LogP contribution in [0.3, 0.4) is 0 Å². The van der Waals surface area contributed by atoms with Crippen molar-refractivity contribution in [2.24, 2.45) is 0 Å². The van der Waals surface area contributed by atoms with Gasteiger partial charge in [0.15, 0.2) is 5.13 Å². The van der Waals surface area contributed by atoms with E-state index < -0.39 is 46.0 Å². The zero-order chi connectivity index (χ0) is 33.2. The molecule has 248 valence electrons. The van der Waals surface area contributed by atoms with Gasteiger partial charge in [0, 0.05) is 37.1 Å². The number of nitrogens with zero attached hydrogens (tertiary/aromatic N) is 5. The minimum atomic E-state index is -4.93. The predicted molar refractivity (Wildman–Crippen MR) is 167 cm³/mol. The van der Waals surface area contributed by atoms with Crippen molar-refractivity contribution in [2.45, 2.75) is 49.7 Å². The number of aromatic nitrogens is 3. The Morgan fingerprint density at radius 2 is 2.02 bits per heavy atom. The van der Waals surface area contributed by atoms with E-state index >= 15 is 0 Å². The number of carbonyl (C=O) groups excluding carboxylic acids is 1. The van der Waals surface area contributed by atoms with E-state index in [4.69, 9.17) is 26.8 Å². The number of halogens is 6. The number of fused-ring (bicyclic) bond motifs is 3. The number of thiazole rings is 1. The van der Waals surface area contributed by atoms with Crippen LogP contribution in [0.15, 0.2) is 30.9 Å². The maximum Gasteiger partial charge on any atom is 0.417 e. The molecule has 3 unspecified atom stereocenters. The standard InChI is InChI=1S/C31H28ClF5N6O3S/c1-2-21(44)42-9-6-16(13-42)46-27-18-10-19(31(35,36)37)22(17-4-5-20(34)26-25(17)39-28(38)47-26)23(32)24(18)40-29(41-27)45-14-30-7-3-8-43(30)12-15(33)11-30/h2,4-5,10,15-16H,1,3,6-9,11-14H2,(H2,38,39). The minimum absolute atomic E-state index is 0.0250. The molecule has 47 heavy (non-hydrogen) atoms. The van der Waals surface area contributed by atoms with Gasteiger partial charge in [-0.1, -0.05) is 29.5 Å². The average molecular weight is 695 g/mol. The van der Waals surface area contributed by atoms with Crippen molar-refractivity contribution in [2.75, 3.05) is 38.5 Å². The summed E-state index contributed by atoms with van der Waals surface area (Å²) in [5.74, 6) is -1.23. The molecular formula is C31H28ClF5N6O3S. The molecule has 4 aromatic rings. The van der Waals surface area contributed by atoms with Crippen molar-refractivity contribution < 1.29 is 36.2 Å². The van der Waals surface area contributed by atoms with Gasteiger partial charge in [0.05, 0.1) is 38.3 Å². The number of alkyl halides is 4. The smallest absolute Gasteiger partial charge is 0.417 e. The van der Waals surface area contributed by atoms with Crippen LogP contribution in [0.4, 0.5) is 27.1 Å². The van der Waals surface area contributed by atoms with Gasteiger partial charge in [0.25, 0.3) is 0 Å². The van der Waals surface area contributed by atoms with Crippen molar-refractivity contribution in [3.8, 4) is 23.0 Å². The lowest BCUT2D eigenvalue weighted by Gasteiger charge is -2.30. The first-order valence-corrected chi connectivity index (χ1v) is 16.1. The fraction of sp³-hybridized carbons (Fsp3) is 0.419. The van der Waals surface area contributed by atoms with Gasteiger partial charge in [0.2, 0.25) is 11.8 Å². The SMILES string of the molecule is C=CC(=O)N1CCC(Oc2nc(OCC34CCCN3CC(F)C4)nc3c(Cl)c(-c4ccc(F)c5sc(N)nc45)c(C(F)(F)F)cc23)C1. The first-order chi connectivity index (χ1) is 22.4. The van der Waals surface area contributed by atoms with Crippen molar-refractivity contribution in [1.82, 2.24) is 24.8 Å². The Labute approximate surface area is 274 Å². The Morgan fingerprint density at radius 3 is 2.79 bits per heavy atom. The highest BCUT2D eigenvalue weighted by Crippen LogP contribution is 2.48. The van der Waals surface area contributed by atoms with Gasteiger partial charge < -0.3 is 20.1 Å². The lowest BCUT2D eigenvalue weighted by molar-refractivity contribution is -0.137. The third kappa shape index (κ3) is 5.61. The lowest BCUT2D eigenvalue weighted by Crippen LogP contribution is -2.43. The van der Waals surface area contributed by atoms with Crippen molar-refractivity contribution in [3.63, 3.8) is 0 Å². The van der Waals surface area contributed by atoms with Crippen LogP contribution in [-0.4, -0.2) is 81.3 Å². The van der Waals surface area contributed by atoms with Crippen molar-refractivity contribution >= 4 is 55.1 Å². The highest BCUT2D eigenvalue weighted by atomic mass is 35.5. The first kappa shape index (κ1) is 31.8. The van der Waals surface area contributed by atoms with Crippen LogP contribution >= 0.6 is 22.9 Å². The molecule has 3 atom stereocenters. The summed E-state index contributed by atoms with van der Waals surface area (Å²) >= 11 is 7.64. The molecule has 2 N–H and O–H groups in total. The second-order valence-electron chi connectivity index (χ2n) is 12.0. The molecule has 16 heteroatoms. The van der Waals surface area contributed by atoms with Crippen LogP contribution in [0.1, 0.15) is 31.2 Å². The number of benzene rings is 2. The van der Waals surface area contributed by atoms with E-state index in [9.17, 15) is 26.7 Å². The summed E-state index contributed by atoms with van der Waals surface area (Å²) in [7, 11) is 0. The summed E-state index contributed by atoms with van der Waals surface area (Å²) in [6, 6.07) is 2.81. The number of anilines is 1. The van der Waals surface area contributed by atoms with E-state index in [0.717, 1.165) is 36.4 Å². The third-order valence-electron chi connectivity index (χ3n) is 9.10. The summed E-state index contributed by atoms with van der Waals surface area (Å²) in [5.41, 5.74) is 3.36. The second-order valence-corrected chi connectivity index (χ2v) is 13.4. The lowest BCUT2D eigenvalue weighted by atomic mass is 9.95. The maximum atomic E-state index is 14.8. The van der Waals surface area contributed by atoms with Crippen LogP contribution in [0.5, 0.6) is 11.9 Å². The third-order valence-corrected chi connectivity index (χ3v) is 10.4. The van der Waals surface area contributed by atoms with E-state index in [2.05, 4.69) is 21.5 Å². The topological polar surface area (TPSA) is 107 Å². The van der Waals surface area contributed by atoms with Gasteiger partial charge >= 0.3 is 12.2 Å². The summed E-state index contributed by atoms with van der Waals surface area (Å²) in [6.07, 6.45) is -3.15. The molecule has 5 heterocycles. The Kier molecular flexibility index (Phi) is 7.91. The fourth-order valence-corrected chi connectivity index (χ4v) is 8.09. The molecule has 0 saturated carbocycles. The van der Waals surface area contributed by atoms with Gasteiger partial charge in [0.1, 0.15) is 30.2 Å². The molecule has 3 saturated heterocycles. The Hall–Kier alpha value is -3.82. The van der Waals surface area contributed by atoms with E-state index in [1.807, 2.05) is 4.90 Å².